The van der Waals surface area contributed by atoms with E-state index in [1.807, 2.05) is 12.1 Å². The molecule has 1 saturated carbocycles. The van der Waals surface area contributed by atoms with Crippen LogP contribution in [0.25, 0.3) is 11.2 Å². The number of piperidine rings is 1. The molecule has 11 heteroatoms. The Kier molecular flexibility index (Phi) is 4.46. The number of imidazole rings is 1. The second-order valence-corrected chi connectivity index (χ2v) is 8.66. The van der Waals surface area contributed by atoms with Crippen molar-refractivity contribution < 1.29 is 13.7 Å². The average molecular weight is 451 g/mol. The Balaban J connectivity index is 1.11. The molecule has 10 nitrogen and oxygen atoms in total. The van der Waals surface area contributed by atoms with Crippen LogP contribution in [-0.2, 0) is 13.6 Å². The van der Waals surface area contributed by atoms with Crippen molar-refractivity contribution >= 4 is 16.9 Å². The summed E-state index contributed by atoms with van der Waals surface area (Å²) in [6, 6.07) is 7.49. The van der Waals surface area contributed by atoms with Crippen molar-refractivity contribution in [2.75, 3.05) is 18.0 Å². The van der Waals surface area contributed by atoms with Gasteiger partial charge in [-0.2, -0.15) is 4.98 Å². The lowest BCUT2D eigenvalue weighted by Gasteiger charge is -2.21. The molecule has 2 fully saturated rings. The molecule has 1 saturated heterocycles. The Labute approximate surface area is 187 Å². The van der Waals surface area contributed by atoms with E-state index in [2.05, 4.69) is 25.0 Å². The van der Waals surface area contributed by atoms with Gasteiger partial charge in [-0.3, -0.25) is 9.36 Å². The molecule has 3 atom stereocenters. The highest BCUT2D eigenvalue weighted by molar-refractivity contribution is 5.68. The van der Waals surface area contributed by atoms with Crippen LogP contribution in [-0.4, -0.2) is 48.7 Å². The standard InChI is InChI=1S/C22H22FN7O3/c1-12(23)32-14-5-3-13(4-6-14)29-7-15-16(8-29)18(15)20-26-17(33-27-20)9-30-11-25-21-19(22(30)31)28(2)10-24-21/h3-6,10-12,15-16,18H,7-9H2,1-2H3. The van der Waals surface area contributed by atoms with E-state index in [0.717, 1.165) is 18.8 Å². The van der Waals surface area contributed by atoms with E-state index in [-0.39, 0.29) is 18.0 Å². The zero-order chi connectivity index (χ0) is 22.7. The summed E-state index contributed by atoms with van der Waals surface area (Å²) < 4.78 is 26.6. The second kappa shape index (κ2) is 7.39. The van der Waals surface area contributed by atoms with Crippen molar-refractivity contribution in [1.82, 2.24) is 29.2 Å². The lowest BCUT2D eigenvalue weighted by molar-refractivity contribution is 0.0861. The van der Waals surface area contributed by atoms with Crippen LogP contribution >= 0.6 is 0 Å². The number of halogens is 1. The summed E-state index contributed by atoms with van der Waals surface area (Å²) in [7, 11) is 1.76. The summed E-state index contributed by atoms with van der Waals surface area (Å²) in [5.74, 6) is 2.80. The molecule has 2 aliphatic rings. The van der Waals surface area contributed by atoms with Gasteiger partial charge in [0.1, 0.15) is 18.6 Å². The zero-order valence-electron chi connectivity index (χ0n) is 18.1. The molecule has 170 valence electrons. The van der Waals surface area contributed by atoms with Crippen LogP contribution in [0, 0.1) is 11.8 Å². The van der Waals surface area contributed by atoms with Crippen molar-refractivity contribution in [1.29, 1.82) is 0 Å². The van der Waals surface area contributed by atoms with Gasteiger partial charge in [-0.05, 0) is 36.1 Å². The van der Waals surface area contributed by atoms with E-state index in [4.69, 9.17) is 9.26 Å². The number of nitrogens with zero attached hydrogens (tertiary/aromatic N) is 7. The first kappa shape index (κ1) is 19.9. The highest BCUT2D eigenvalue weighted by atomic mass is 19.1. The number of alkyl halides is 1. The molecule has 0 amide bonds. The molecular weight excluding hydrogens is 429 g/mol. The van der Waals surface area contributed by atoms with E-state index >= 15 is 0 Å². The number of hydrogen-bond acceptors (Lipinski definition) is 8. The second-order valence-electron chi connectivity index (χ2n) is 8.66. The smallest absolute Gasteiger partial charge is 0.280 e. The molecular formula is C22H22FN7O3. The number of aryl methyl sites for hydroxylation is 1. The summed E-state index contributed by atoms with van der Waals surface area (Å²) >= 11 is 0. The third-order valence-electron chi connectivity index (χ3n) is 6.48. The maximum absolute atomic E-state index is 13.0. The van der Waals surface area contributed by atoms with Gasteiger partial charge in [0.15, 0.2) is 17.0 Å². The molecule has 33 heavy (non-hydrogen) atoms. The number of aromatic nitrogens is 6. The number of ether oxygens (including phenoxy) is 1. The minimum absolute atomic E-state index is 0.167. The summed E-state index contributed by atoms with van der Waals surface area (Å²) in [6.45, 7) is 3.33. The molecule has 3 unspecified atom stereocenters. The minimum Gasteiger partial charge on any atom is -0.461 e. The number of benzene rings is 1. The van der Waals surface area contributed by atoms with Gasteiger partial charge < -0.3 is 18.7 Å². The van der Waals surface area contributed by atoms with E-state index in [9.17, 15) is 9.18 Å². The fraction of sp³-hybridized carbons (Fsp3) is 0.409. The van der Waals surface area contributed by atoms with Crippen molar-refractivity contribution in [2.24, 2.45) is 18.9 Å². The molecule has 1 aromatic carbocycles. The number of hydrogen-bond donors (Lipinski definition) is 0. The fourth-order valence-corrected chi connectivity index (χ4v) is 4.84. The number of rotatable bonds is 6. The normalized spacial score (nSPS) is 22.5. The summed E-state index contributed by atoms with van der Waals surface area (Å²) in [5, 5.41) is 4.18. The van der Waals surface area contributed by atoms with Gasteiger partial charge in [0.05, 0.1) is 6.33 Å². The fourth-order valence-electron chi connectivity index (χ4n) is 4.84. The Morgan fingerprint density at radius 1 is 1.18 bits per heavy atom. The molecule has 1 aliphatic heterocycles. The molecule has 0 spiro atoms. The van der Waals surface area contributed by atoms with Crippen LogP contribution < -0.4 is 15.2 Å². The Morgan fingerprint density at radius 2 is 1.91 bits per heavy atom. The molecule has 0 N–H and O–H groups in total. The van der Waals surface area contributed by atoms with Crippen molar-refractivity contribution in [2.45, 2.75) is 25.7 Å². The molecule has 4 heterocycles. The van der Waals surface area contributed by atoms with Gasteiger partial charge in [0.2, 0.25) is 12.2 Å². The van der Waals surface area contributed by atoms with Crippen LogP contribution in [0.5, 0.6) is 5.75 Å². The molecule has 0 bridgehead atoms. The summed E-state index contributed by atoms with van der Waals surface area (Å²) in [4.78, 5) is 27.9. The van der Waals surface area contributed by atoms with Crippen LogP contribution in [0.3, 0.4) is 0 Å². The highest BCUT2D eigenvalue weighted by Crippen LogP contribution is 2.57. The van der Waals surface area contributed by atoms with Crippen LogP contribution in [0.1, 0.15) is 24.6 Å². The van der Waals surface area contributed by atoms with Crippen LogP contribution in [0.15, 0.2) is 46.2 Å². The maximum atomic E-state index is 13.0. The Bertz CT molecular complexity index is 1360. The van der Waals surface area contributed by atoms with E-state index in [1.54, 1.807) is 30.1 Å². The molecule has 4 aromatic rings. The lowest BCUT2D eigenvalue weighted by Crippen LogP contribution is -2.23. The summed E-state index contributed by atoms with van der Waals surface area (Å²) in [5.41, 5.74) is 1.74. The third-order valence-corrected chi connectivity index (χ3v) is 6.48. The predicted molar refractivity (Wildman–Crippen MR) is 116 cm³/mol. The predicted octanol–water partition coefficient (Wildman–Crippen LogP) is 2.11. The Hall–Kier alpha value is -3.76. The quantitative estimate of drug-likeness (QED) is 0.439. The SMILES string of the molecule is CC(F)Oc1ccc(N2CC3C(C2)C3c2noc(Cn3cnc4ncn(C)c4c3=O)n2)cc1. The largest absolute Gasteiger partial charge is 0.461 e. The van der Waals surface area contributed by atoms with E-state index < -0.39 is 6.36 Å². The van der Waals surface area contributed by atoms with Gasteiger partial charge in [-0.25, -0.2) is 14.4 Å². The van der Waals surface area contributed by atoms with Gasteiger partial charge in [0.25, 0.3) is 5.56 Å². The van der Waals surface area contributed by atoms with Gasteiger partial charge >= 0.3 is 0 Å². The van der Waals surface area contributed by atoms with Crippen LogP contribution in [0.2, 0.25) is 0 Å². The topological polar surface area (TPSA) is 104 Å². The number of fused-ring (bicyclic) bond motifs is 2. The first-order valence-electron chi connectivity index (χ1n) is 10.8. The van der Waals surface area contributed by atoms with Gasteiger partial charge in [-0.15, -0.1) is 0 Å². The van der Waals surface area contributed by atoms with Gasteiger partial charge in [0, 0.05) is 38.7 Å². The molecule has 0 radical (unpaired) electrons. The van der Waals surface area contributed by atoms with Crippen LogP contribution in [0.4, 0.5) is 10.1 Å². The third kappa shape index (κ3) is 3.43. The van der Waals surface area contributed by atoms with Gasteiger partial charge in [-0.1, -0.05) is 5.16 Å². The molecule has 6 rings (SSSR count). The molecule has 3 aromatic heterocycles. The molecule has 1 aliphatic carbocycles. The average Bonchev–Trinajstić information content (AvgIpc) is 3.20. The lowest BCUT2D eigenvalue weighted by atomic mass is 10.2. The first-order valence-corrected chi connectivity index (χ1v) is 10.8. The minimum atomic E-state index is -1.33. The first-order chi connectivity index (χ1) is 16.0. The van der Waals surface area contributed by atoms with Crippen molar-refractivity contribution in [3.8, 4) is 5.75 Å². The highest BCUT2D eigenvalue weighted by Gasteiger charge is 2.58. The van der Waals surface area contributed by atoms with Crippen molar-refractivity contribution in [3.63, 3.8) is 0 Å². The summed E-state index contributed by atoms with van der Waals surface area (Å²) in [6.07, 6.45) is 1.69. The van der Waals surface area contributed by atoms with E-state index in [1.165, 1.54) is 17.8 Å². The zero-order valence-corrected chi connectivity index (χ0v) is 18.1. The Morgan fingerprint density at radius 3 is 2.64 bits per heavy atom. The number of anilines is 1. The van der Waals surface area contributed by atoms with E-state index in [0.29, 0.717) is 40.5 Å². The van der Waals surface area contributed by atoms with Crippen molar-refractivity contribution in [3.05, 3.63) is 59.0 Å². The monoisotopic (exact) mass is 451 g/mol. The maximum Gasteiger partial charge on any atom is 0.280 e.